The van der Waals surface area contributed by atoms with Gasteiger partial charge in [0.05, 0.1) is 11.1 Å². The van der Waals surface area contributed by atoms with Crippen LogP contribution in [0.15, 0.2) is 0 Å². The van der Waals surface area contributed by atoms with Crippen LogP contribution in [0, 0.1) is 23.3 Å². The Kier molecular flexibility index (Phi) is 3.16. The van der Waals surface area contributed by atoms with Crippen molar-refractivity contribution in [2.75, 3.05) is 0 Å². The van der Waals surface area contributed by atoms with Crippen LogP contribution in [-0.2, 0) is 12.6 Å². The topological polar surface area (TPSA) is 0 Å². The lowest BCUT2D eigenvalue weighted by Gasteiger charge is -2.15. The molecule has 0 unspecified atom stereocenters. The van der Waals surface area contributed by atoms with Gasteiger partial charge in [-0.2, -0.15) is 0 Å². The van der Waals surface area contributed by atoms with E-state index in [9.17, 15) is 30.7 Å². The first kappa shape index (κ1) is 12.8. The molecule has 0 aliphatic rings. The van der Waals surface area contributed by atoms with E-state index in [1.54, 1.807) is 0 Å². The van der Waals surface area contributed by atoms with Crippen LogP contribution in [-0.4, -0.2) is 0 Å². The van der Waals surface area contributed by atoms with Gasteiger partial charge in [-0.25, -0.2) is 30.7 Å². The van der Waals surface area contributed by atoms with Gasteiger partial charge in [-0.3, -0.25) is 0 Å². The molecule has 0 aliphatic carbocycles. The van der Waals surface area contributed by atoms with E-state index >= 15 is 0 Å². The summed E-state index contributed by atoms with van der Waals surface area (Å²) < 4.78 is 89.0. The van der Waals surface area contributed by atoms with Gasteiger partial charge in [0.25, 0.3) is 5.92 Å². The van der Waals surface area contributed by atoms with Gasteiger partial charge < -0.3 is 0 Å². The molecule has 0 N–H and O–H groups in total. The predicted molar refractivity (Wildman–Crippen MR) is 40.7 cm³/mol. The Bertz CT molecular complexity index is 390. The molecule has 1 aromatic rings. The third-order valence-corrected chi connectivity index (χ3v) is 1.93. The molecule has 0 nitrogen and oxygen atoms in total. The third-order valence-electron chi connectivity index (χ3n) is 1.93. The Labute approximate surface area is 85.7 Å². The van der Waals surface area contributed by atoms with Crippen LogP contribution in [0.1, 0.15) is 18.1 Å². The molecule has 0 fully saturated rings. The first-order valence-corrected chi connectivity index (χ1v) is 4.00. The second-order valence-electron chi connectivity index (χ2n) is 3.13. The molecule has 0 heterocycles. The van der Waals surface area contributed by atoms with E-state index in [-0.39, 0.29) is 6.92 Å². The fourth-order valence-electron chi connectivity index (χ4n) is 1.18. The number of alkyl halides is 3. The molecule has 1 rings (SSSR count). The molecular weight excluding hydrogens is 241 g/mol. The summed E-state index contributed by atoms with van der Waals surface area (Å²) in [5.74, 6) is -12.9. The highest BCUT2D eigenvalue weighted by Gasteiger charge is 2.37. The summed E-state index contributed by atoms with van der Waals surface area (Å²) in [7, 11) is 0. The van der Waals surface area contributed by atoms with Crippen molar-refractivity contribution in [3.05, 3.63) is 34.4 Å². The van der Waals surface area contributed by atoms with Crippen LogP contribution >= 0.6 is 0 Å². The molecule has 16 heavy (non-hydrogen) atoms. The number of hydrogen-bond acceptors (Lipinski definition) is 0. The smallest absolute Gasteiger partial charge is 0.246 e. The summed E-state index contributed by atoms with van der Waals surface area (Å²) in [5.41, 5.74) is -3.58. The molecule has 90 valence electrons. The standard InChI is InChI=1S/C9H5F7/c1-9(15,16)4-7(13)5(11)3(2-10)6(12)8(4)14/h2H2,1H3. The summed E-state index contributed by atoms with van der Waals surface area (Å²) in [6.07, 6.45) is 0. The molecule has 0 saturated carbocycles. The average molecular weight is 246 g/mol. The van der Waals surface area contributed by atoms with E-state index in [0.717, 1.165) is 0 Å². The maximum absolute atomic E-state index is 13.0. The molecule has 0 aliphatic heterocycles. The van der Waals surface area contributed by atoms with Crippen molar-refractivity contribution in [2.45, 2.75) is 19.5 Å². The minimum Gasteiger partial charge on any atom is -0.246 e. The highest BCUT2D eigenvalue weighted by molar-refractivity contribution is 5.32. The molecule has 0 radical (unpaired) electrons. The zero-order chi connectivity index (χ0) is 12.7. The van der Waals surface area contributed by atoms with Crippen molar-refractivity contribution >= 4 is 0 Å². The highest BCUT2D eigenvalue weighted by Crippen LogP contribution is 2.35. The molecule has 0 aromatic heterocycles. The van der Waals surface area contributed by atoms with Crippen LogP contribution in [0.3, 0.4) is 0 Å². The summed E-state index contributed by atoms with van der Waals surface area (Å²) in [4.78, 5) is 0. The van der Waals surface area contributed by atoms with E-state index in [4.69, 9.17) is 0 Å². The predicted octanol–water partition coefficient (Wildman–Crippen LogP) is 3.82. The second kappa shape index (κ2) is 3.95. The quantitative estimate of drug-likeness (QED) is 0.549. The van der Waals surface area contributed by atoms with E-state index in [1.165, 1.54) is 0 Å². The summed E-state index contributed by atoms with van der Waals surface area (Å²) in [5, 5.41) is 0. The van der Waals surface area contributed by atoms with Gasteiger partial charge in [-0.1, -0.05) is 0 Å². The molecule has 0 saturated heterocycles. The van der Waals surface area contributed by atoms with E-state index in [0.29, 0.717) is 0 Å². The van der Waals surface area contributed by atoms with Gasteiger partial charge in [0.1, 0.15) is 6.67 Å². The fourth-order valence-corrected chi connectivity index (χ4v) is 1.18. The average Bonchev–Trinajstić information content (AvgIpc) is 2.14. The van der Waals surface area contributed by atoms with Crippen molar-refractivity contribution in [2.24, 2.45) is 0 Å². The van der Waals surface area contributed by atoms with E-state index in [2.05, 4.69) is 0 Å². The Balaban J connectivity index is 3.67. The van der Waals surface area contributed by atoms with Crippen LogP contribution < -0.4 is 0 Å². The zero-order valence-electron chi connectivity index (χ0n) is 7.85. The summed E-state index contributed by atoms with van der Waals surface area (Å²) in [6, 6.07) is 0. The minimum absolute atomic E-state index is 0.0719. The van der Waals surface area contributed by atoms with Gasteiger partial charge in [0.2, 0.25) is 0 Å². The number of rotatable bonds is 2. The maximum Gasteiger partial charge on any atom is 0.276 e. The second-order valence-corrected chi connectivity index (χ2v) is 3.13. The molecule has 0 atom stereocenters. The van der Waals surface area contributed by atoms with Crippen molar-refractivity contribution < 1.29 is 30.7 Å². The van der Waals surface area contributed by atoms with Crippen LogP contribution in [0.2, 0.25) is 0 Å². The van der Waals surface area contributed by atoms with Crippen LogP contribution in [0.25, 0.3) is 0 Å². The highest BCUT2D eigenvalue weighted by atomic mass is 19.3. The van der Waals surface area contributed by atoms with Crippen LogP contribution in [0.5, 0.6) is 0 Å². The van der Waals surface area contributed by atoms with Crippen molar-refractivity contribution in [3.8, 4) is 0 Å². The van der Waals surface area contributed by atoms with Gasteiger partial charge in [-0.05, 0) is 0 Å². The molecule has 7 heteroatoms. The molecule has 0 spiro atoms. The minimum atomic E-state index is -4.11. The Morgan fingerprint density at radius 3 is 1.50 bits per heavy atom. The van der Waals surface area contributed by atoms with E-state index in [1.807, 2.05) is 0 Å². The normalized spacial score (nSPS) is 12.0. The number of halogens is 7. The number of benzene rings is 1. The number of hydrogen-bond donors (Lipinski definition) is 0. The van der Waals surface area contributed by atoms with Crippen LogP contribution in [0.4, 0.5) is 30.7 Å². The lowest BCUT2D eigenvalue weighted by molar-refractivity contribution is 0.00810. The molecule has 0 bridgehead atoms. The summed E-state index contributed by atoms with van der Waals surface area (Å²) >= 11 is 0. The molecule has 1 aromatic carbocycles. The first-order chi connectivity index (χ1) is 7.21. The monoisotopic (exact) mass is 246 g/mol. The first-order valence-electron chi connectivity index (χ1n) is 4.00. The Morgan fingerprint density at radius 1 is 0.875 bits per heavy atom. The van der Waals surface area contributed by atoms with Crippen molar-refractivity contribution in [3.63, 3.8) is 0 Å². The Morgan fingerprint density at radius 2 is 1.25 bits per heavy atom. The van der Waals surface area contributed by atoms with Gasteiger partial charge >= 0.3 is 0 Å². The third kappa shape index (κ3) is 1.85. The zero-order valence-corrected chi connectivity index (χ0v) is 7.85. The van der Waals surface area contributed by atoms with Crippen molar-refractivity contribution in [1.82, 2.24) is 0 Å². The van der Waals surface area contributed by atoms with Gasteiger partial charge in [0.15, 0.2) is 23.3 Å². The summed E-state index contributed by atoms with van der Waals surface area (Å²) in [6.45, 7) is -1.76. The van der Waals surface area contributed by atoms with Gasteiger partial charge in [0, 0.05) is 6.92 Å². The molecule has 0 amide bonds. The van der Waals surface area contributed by atoms with E-state index < -0.39 is 47.0 Å². The lowest BCUT2D eigenvalue weighted by Crippen LogP contribution is -2.17. The fraction of sp³-hybridized carbons (Fsp3) is 0.333. The molecular formula is C9H5F7. The SMILES string of the molecule is CC(F)(F)c1c(F)c(F)c(CF)c(F)c1F. The largest absolute Gasteiger partial charge is 0.276 e. The maximum atomic E-state index is 13.0. The lowest BCUT2D eigenvalue weighted by atomic mass is 10.0. The Hall–Kier alpha value is -1.27. The van der Waals surface area contributed by atoms with Gasteiger partial charge in [-0.15, -0.1) is 0 Å². The van der Waals surface area contributed by atoms with Crippen molar-refractivity contribution in [1.29, 1.82) is 0 Å².